The van der Waals surface area contributed by atoms with Gasteiger partial charge in [0.15, 0.2) is 0 Å². The Labute approximate surface area is 163 Å². The summed E-state index contributed by atoms with van der Waals surface area (Å²) in [5.41, 5.74) is 0.743. The van der Waals surface area contributed by atoms with E-state index in [2.05, 4.69) is 13.0 Å². The first kappa shape index (κ1) is 17.3. The Kier molecular flexibility index (Phi) is 8.18. The Morgan fingerprint density at radius 2 is 2.00 bits per heavy atom. The van der Waals surface area contributed by atoms with Gasteiger partial charge in [0.25, 0.3) is 0 Å². The van der Waals surface area contributed by atoms with Crippen molar-refractivity contribution in [3.63, 3.8) is 0 Å². The molecule has 0 unspecified atom stereocenters. The van der Waals surface area contributed by atoms with Gasteiger partial charge in [0.1, 0.15) is 0 Å². The van der Waals surface area contributed by atoms with Crippen LogP contribution < -0.4 is 58.2 Å². The normalized spacial score (nSPS) is 23.5. The molecule has 0 heterocycles. The molecule has 0 spiro atoms. The smallest absolute Gasteiger partial charge is 0.283 e. The van der Waals surface area contributed by atoms with Gasteiger partial charge < -0.3 is 0 Å². The van der Waals surface area contributed by atoms with E-state index >= 15 is 0 Å². The average Bonchev–Trinajstić information content (AvgIpc) is 2.33. The van der Waals surface area contributed by atoms with Crippen LogP contribution in [0.4, 0.5) is 4.39 Å². The fourth-order valence-corrected chi connectivity index (χ4v) is 2.85. The van der Waals surface area contributed by atoms with Gasteiger partial charge in [-0.05, 0) is 29.7 Å². The van der Waals surface area contributed by atoms with Crippen LogP contribution in [0.2, 0.25) is 5.02 Å². The molecule has 1 aromatic carbocycles. The maximum absolute atomic E-state index is 13.7. The third-order valence-corrected chi connectivity index (χ3v) is 4.20. The van der Waals surface area contributed by atoms with Gasteiger partial charge in [-0.3, -0.25) is 4.39 Å². The SMILES string of the molecule is CC1CCC(CCc2cc[c-]c(Cl)c2F)CC1.[Rb+]. The second-order valence-corrected chi connectivity index (χ2v) is 5.67. The summed E-state index contributed by atoms with van der Waals surface area (Å²) in [7, 11) is 0. The van der Waals surface area contributed by atoms with Crippen molar-refractivity contribution in [2.45, 2.75) is 45.4 Å². The van der Waals surface area contributed by atoms with Gasteiger partial charge in [0.2, 0.25) is 0 Å². The maximum Gasteiger partial charge on any atom is 1.00 e. The Bertz CT molecular complexity index is 373. The molecule has 0 saturated heterocycles. The van der Waals surface area contributed by atoms with E-state index < -0.39 is 0 Å². The number of benzene rings is 1. The van der Waals surface area contributed by atoms with E-state index in [4.69, 9.17) is 11.6 Å². The van der Waals surface area contributed by atoms with E-state index in [1.807, 2.05) is 0 Å². The van der Waals surface area contributed by atoms with Crippen molar-refractivity contribution in [1.82, 2.24) is 0 Å². The largest absolute Gasteiger partial charge is 1.00 e. The van der Waals surface area contributed by atoms with E-state index in [0.29, 0.717) is 0 Å². The summed E-state index contributed by atoms with van der Waals surface area (Å²) in [5, 5.41) is 0.125. The second kappa shape index (κ2) is 8.51. The minimum absolute atomic E-state index is 0. The van der Waals surface area contributed by atoms with Gasteiger partial charge >= 0.3 is 58.2 Å². The zero-order valence-corrected chi connectivity index (χ0v) is 17.0. The van der Waals surface area contributed by atoms with Crippen molar-refractivity contribution in [2.75, 3.05) is 0 Å². The van der Waals surface area contributed by atoms with Gasteiger partial charge in [-0.15, -0.1) is 17.2 Å². The number of halogens is 2. The molecule has 1 aromatic rings. The summed E-state index contributed by atoms with van der Waals surface area (Å²) in [6.45, 7) is 2.32. The van der Waals surface area contributed by atoms with Crippen molar-refractivity contribution in [2.24, 2.45) is 11.8 Å². The first-order valence-electron chi connectivity index (χ1n) is 6.51. The van der Waals surface area contributed by atoms with Crippen LogP contribution in [0, 0.1) is 23.7 Å². The first-order valence-corrected chi connectivity index (χ1v) is 6.89. The summed E-state index contributed by atoms with van der Waals surface area (Å²) in [5.74, 6) is 1.37. The first-order chi connectivity index (χ1) is 8.16. The van der Waals surface area contributed by atoms with Crippen LogP contribution in [0.25, 0.3) is 0 Å². The summed E-state index contributed by atoms with van der Waals surface area (Å²) in [6, 6.07) is 6.18. The summed E-state index contributed by atoms with van der Waals surface area (Å²) < 4.78 is 13.7. The van der Waals surface area contributed by atoms with Crippen molar-refractivity contribution < 1.29 is 62.6 Å². The molecule has 0 aromatic heterocycles. The number of rotatable bonds is 3. The van der Waals surface area contributed by atoms with Crippen LogP contribution in [0.15, 0.2) is 12.1 Å². The number of hydrogen-bond acceptors (Lipinski definition) is 0. The molecule has 18 heavy (non-hydrogen) atoms. The fraction of sp³-hybridized carbons (Fsp3) is 0.600. The Morgan fingerprint density at radius 1 is 1.33 bits per heavy atom. The molecule has 3 heteroatoms. The van der Waals surface area contributed by atoms with Crippen molar-refractivity contribution in [3.8, 4) is 0 Å². The Balaban J connectivity index is 0.00000162. The van der Waals surface area contributed by atoms with E-state index in [1.165, 1.54) is 25.7 Å². The zero-order chi connectivity index (χ0) is 12.3. The molecule has 0 radical (unpaired) electrons. The minimum atomic E-state index is -0.279. The van der Waals surface area contributed by atoms with Crippen molar-refractivity contribution in [3.05, 3.63) is 34.6 Å². The third kappa shape index (κ3) is 4.98. The molecule has 0 amide bonds. The van der Waals surface area contributed by atoms with E-state index in [0.717, 1.165) is 30.2 Å². The molecule has 0 N–H and O–H groups in total. The van der Waals surface area contributed by atoms with Crippen molar-refractivity contribution in [1.29, 1.82) is 0 Å². The number of hydrogen-bond donors (Lipinski definition) is 0. The molecule has 94 valence electrons. The molecule has 0 aliphatic heterocycles. The monoisotopic (exact) mass is 338 g/mol. The van der Waals surface area contributed by atoms with E-state index in [1.54, 1.807) is 12.1 Å². The number of aryl methyl sites for hydroxylation is 1. The van der Waals surface area contributed by atoms with Crippen LogP contribution in [0.3, 0.4) is 0 Å². The molecule has 1 aliphatic rings. The molecular weight excluding hydrogens is 320 g/mol. The van der Waals surface area contributed by atoms with Gasteiger partial charge in [0.05, 0.1) is 0 Å². The Hall–Kier alpha value is 1.25. The summed E-state index contributed by atoms with van der Waals surface area (Å²) in [4.78, 5) is 0. The predicted molar refractivity (Wildman–Crippen MR) is 69.7 cm³/mol. The predicted octanol–water partition coefficient (Wildman–Crippen LogP) is 2.04. The van der Waals surface area contributed by atoms with E-state index in [9.17, 15) is 4.39 Å². The third-order valence-electron chi connectivity index (χ3n) is 3.93. The van der Waals surface area contributed by atoms with Gasteiger partial charge in [-0.1, -0.05) is 32.6 Å². The topological polar surface area (TPSA) is 0 Å². The van der Waals surface area contributed by atoms with Crippen molar-refractivity contribution >= 4 is 11.6 Å². The molecule has 1 fully saturated rings. The summed E-state index contributed by atoms with van der Waals surface area (Å²) in [6.07, 6.45) is 7.15. The molecule has 0 nitrogen and oxygen atoms in total. The van der Waals surface area contributed by atoms with Crippen LogP contribution >= 0.6 is 11.6 Å². The standard InChI is InChI=1S/C15H19ClF.Rb/c1-11-5-7-12(8-6-11)9-10-13-3-2-4-14(16)15(13)17;/h2-3,11-12H,5-10H2,1H3;/q-1;+1. The van der Waals surface area contributed by atoms with Gasteiger partial charge in [0, 0.05) is 5.82 Å². The zero-order valence-electron chi connectivity index (χ0n) is 11.3. The van der Waals surface area contributed by atoms with Gasteiger partial charge in [-0.2, -0.15) is 18.2 Å². The summed E-state index contributed by atoms with van der Waals surface area (Å²) >= 11 is 5.72. The molecular formula is C15H19ClFRb. The van der Waals surface area contributed by atoms with Crippen LogP contribution in [0.5, 0.6) is 0 Å². The molecule has 2 rings (SSSR count). The second-order valence-electron chi connectivity index (χ2n) is 5.30. The molecule has 0 bridgehead atoms. The van der Waals surface area contributed by atoms with Crippen LogP contribution in [0.1, 0.15) is 44.6 Å². The fourth-order valence-electron chi connectivity index (χ4n) is 2.66. The van der Waals surface area contributed by atoms with Crippen LogP contribution in [-0.4, -0.2) is 0 Å². The van der Waals surface area contributed by atoms with E-state index in [-0.39, 0.29) is 69.0 Å². The minimum Gasteiger partial charge on any atom is -0.283 e. The van der Waals surface area contributed by atoms with Gasteiger partial charge in [-0.25, -0.2) is 0 Å². The molecule has 1 saturated carbocycles. The molecule has 1 aliphatic carbocycles. The molecule has 0 atom stereocenters. The Morgan fingerprint density at radius 3 is 2.67 bits per heavy atom. The van der Waals surface area contributed by atoms with Crippen LogP contribution in [-0.2, 0) is 6.42 Å². The quantitative estimate of drug-likeness (QED) is 0.740. The average molecular weight is 339 g/mol. The maximum atomic E-state index is 13.7.